The normalized spacial score (nSPS) is 15.1. The van der Waals surface area contributed by atoms with Crippen LogP contribution >= 0.6 is 0 Å². The van der Waals surface area contributed by atoms with Crippen LogP contribution in [0.15, 0.2) is 42.7 Å². The largest absolute Gasteiger partial charge is 0.495 e. The first-order valence-corrected chi connectivity index (χ1v) is 7.11. The summed E-state index contributed by atoms with van der Waals surface area (Å²) in [5.41, 5.74) is 8.76. The highest BCUT2D eigenvalue weighted by molar-refractivity contribution is 5.60. The molecule has 0 amide bonds. The van der Waals surface area contributed by atoms with Crippen molar-refractivity contribution in [3.8, 4) is 5.75 Å². The number of ether oxygens (including phenoxy) is 1. The Labute approximate surface area is 125 Å². The van der Waals surface area contributed by atoms with E-state index in [-0.39, 0.29) is 0 Å². The zero-order valence-corrected chi connectivity index (χ0v) is 12.2. The molecule has 21 heavy (non-hydrogen) atoms. The highest BCUT2D eigenvalue weighted by Crippen LogP contribution is 2.29. The van der Waals surface area contributed by atoms with E-state index in [1.807, 2.05) is 30.5 Å². The van der Waals surface area contributed by atoms with Crippen molar-refractivity contribution < 1.29 is 4.74 Å². The van der Waals surface area contributed by atoms with Gasteiger partial charge in [0.25, 0.3) is 0 Å². The molecule has 0 saturated carbocycles. The van der Waals surface area contributed by atoms with Crippen LogP contribution in [-0.4, -0.2) is 38.3 Å². The quantitative estimate of drug-likeness (QED) is 0.934. The van der Waals surface area contributed by atoms with Crippen molar-refractivity contribution in [2.75, 3.05) is 48.8 Å². The molecule has 1 aromatic heterocycles. The second-order valence-electron chi connectivity index (χ2n) is 5.12. The molecule has 1 fully saturated rings. The van der Waals surface area contributed by atoms with E-state index in [2.05, 4.69) is 20.9 Å². The zero-order valence-electron chi connectivity index (χ0n) is 12.2. The minimum atomic E-state index is 0.708. The smallest absolute Gasteiger partial charge is 0.142 e. The predicted molar refractivity (Wildman–Crippen MR) is 86.1 cm³/mol. The van der Waals surface area contributed by atoms with E-state index in [0.717, 1.165) is 43.3 Å². The van der Waals surface area contributed by atoms with E-state index in [0.29, 0.717) is 5.69 Å². The van der Waals surface area contributed by atoms with Gasteiger partial charge in [-0.1, -0.05) is 12.1 Å². The molecule has 0 bridgehead atoms. The van der Waals surface area contributed by atoms with Gasteiger partial charge in [0.2, 0.25) is 0 Å². The third-order valence-electron chi connectivity index (χ3n) is 3.82. The van der Waals surface area contributed by atoms with Crippen molar-refractivity contribution in [3.05, 3.63) is 42.7 Å². The van der Waals surface area contributed by atoms with Crippen LogP contribution in [0.2, 0.25) is 0 Å². The number of methoxy groups -OCH3 is 1. The SMILES string of the molecule is COc1ccccc1N1CCN(c2cncc(N)c2)CC1. The summed E-state index contributed by atoms with van der Waals surface area (Å²) in [6.07, 6.45) is 3.55. The Balaban J connectivity index is 1.70. The summed E-state index contributed by atoms with van der Waals surface area (Å²) in [5, 5.41) is 0. The maximum atomic E-state index is 5.81. The van der Waals surface area contributed by atoms with E-state index in [1.54, 1.807) is 13.3 Å². The Kier molecular flexibility index (Phi) is 3.81. The Bertz CT molecular complexity index is 609. The third kappa shape index (κ3) is 2.86. The van der Waals surface area contributed by atoms with Crippen molar-refractivity contribution in [3.63, 3.8) is 0 Å². The van der Waals surface area contributed by atoms with Crippen LogP contribution in [0, 0.1) is 0 Å². The van der Waals surface area contributed by atoms with Crippen LogP contribution in [-0.2, 0) is 0 Å². The molecule has 5 nitrogen and oxygen atoms in total. The number of hydrogen-bond donors (Lipinski definition) is 1. The lowest BCUT2D eigenvalue weighted by atomic mass is 10.2. The molecule has 2 N–H and O–H groups in total. The van der Waals surface area contributed by atoms with Gasteiger partial charge >= 0.3 is 0 Å². The van der Waals surface area contributed by atoms with Gasteiger partial charge in [-0.25, -0.2) is 0 Å². The van der Waals surface area contributed by atoms with Crippen LogP contribution in [0.4, 0.5) is 17.1 Å². The molecule has 0 atom stereocenters. The van der Waals surface area contributed by atoms with Crippen molar-refractivity contribution in [2.45, 2.75) is 0 Å². The van der Waals surface area contributed by atoms with Crippen molar-refractivity contribution in [1.82, 2.24) is 4.98 Å². The second kappa shape index (κ2) is 5.91. The van der Waals surface area contributed by atoms with Gasteiger partial charge in [-0.2, -0.15) is 0 Å². The first-order valence-electron chi connectivity index (χ1n) is 7.11. The summed E-state index contributed by atoms with van der Waals surface area (Å²) in [4.78, 5) is 8.83. The molecule has 110 valence electrons. The minimum absolute atomic E-state index is 0.708. The average Bonchev–Trinajstić information content (AvgIpc) is 2.55. The van der Waals surface area contributed by atoms with Gasteiger partial charge in [0, 0.05) is 32.4 Å². The summed E-state index contributed by atoms with van der Waals surface area (Å²) < 4.78 is 5.44. The predicted octanol–water partition coefficient (Wildman–Crippen LogP) is 2.00. The van der Waals surface area contributed by atoms with Crippen LogP contribution in [0.1, 0.15) is 0 Å². The molecular weight excluding hydrogens is 264 g/mol. The Hall–Kier alpha value is -2.43. The number of aromatic nitrogens is 1. The first-order chi connectivity index (χ1) is 10.3. The molecule has 1 saturated heterocycles. The van der Waals surface area contributed by atoms with Crippen LogP contribution in [0.25, 0.3) is 0 Å². The van der Waals surface area contributed by atoms with Crippen LogP contribution < -0.4 is 20.3 Å². The number of hydrogen-bond acceptors (Lipinski definition) is 5. The van der Waals surface area contributed by atoms with Gasteiger partial charge in [0.05, 0.1) is 30.4 Å². The van der Waals surface area contributed by atoms with E-state index in [1.165, 1.54) is 0 Å². The van der Waals surface area contributed by atoms with Gasteiger partial charge < -0.3 is 20.3 Å². The molecule has 2 aromatic rings. The number of nitrogens with two attached hydrogens (primary N) is 1. The maximum Gasteiger partial charge on any atom is 0.142 e. The molecule has 2 heterocycles. The lowest BCUT2D eigenvalue weighted by Gasteiger charge is -2.37. The standard InChI is InChI=1S/C16H20N4O/c1-21-16-5-3-2-4-15(16)20-8-6-19(7-9-20)14-10-13(17)11-18-12-14/h2-5,10-12H,6-9,17H2,1H3. The maximum absolute atomic E-state index is 5.81. The summed E-state index contributed by atoms with van der Waals surface area (Å²) in [5.74, 6) is 0.927. The molecule has 3 rings (SSSR count). The summed E-state index contributed by atoms with van der Waals surface area (Å²) >= 11 is 0. The number of pyridine rings is 1. The topological polar surface area (TPSA) is 54.6 Å². The van der Waals surface area contributed by atoms with E-state index >= 15 is 0 Å². The molecule has 0 unspecified atom stereocenters. The number of nitrogen functional groups attached to an aromatic ring is 1. The highest BCUT2D eigenvalue weighted by atomic mass is 16.5. The first kappa shape index (κ1) is 13.5. The van der Waals surface area contributed by atoms with E-state index in [9.17, 15) is 0 Å². The highest BCUT2D eigenvalue weighted by Gasteiger charge is 2.19. The Morgan fingerprint density at radius 2 is 1.76 bits per heavy atom. The van der Waals surface area contributed by atoms with Gasteiger partial charge in [-0.3, -0.25) is 4.98 Å². The molecule has 5 heteroatoms. The molecule has 1 aliphatic rings. The van der Waals surface area contributed by atoms with Crippen molar-refractivity contribution in [2.24, 2.45) is 0 Å². The summed E-state index contributed by atoms with van der Waals surface area (Å²) in [6.45, 7) is 3.80. The Morgan fingerprint density at radius 3 is 2.48 bits per heavy atom. The van der Waals surface area contributed by atoms with Crippen LogP contribution in [0.5, 0.6) is 5.75 Å². The number of piperazine rings is 1. The van der Waals surface area contributed by atoms with Crippen molar-refractivity contribution in [1.29, 1.82) is 0 Å². The van der Waals surface area contributed by atoms with Crippen LogP contribution in [0.3, 0.4) is 0 Å². The monoisotopic (exact) mass is 284 g/mol. The average molecular weight is 284 g/mol. The third-order valence-corrected chi connectivity index (χ3v) is 3.82. The fourth-order valence-corrected chi connectivity index (χ4v) is 2.71. The number of nitrogens with zero attached hydrogens (tertiary/aromatic N) is 3. The van der Waals surface area contributed by atoms with E-state index < -0.39 is 0 Å². The van der Waals surface area contributed by atoms with E-state index in [4.69, 9.17) is 10.5 Å². The second-order valence-corrected chi connectivity index (χ2v) is 5.12. The molecule has 0 aliphatic carbocycles. The lowest BCUT2D eigenvalue weighted by molar-refractivity contribution is 0.413. The lowest BCUT2D eigenvalue weighted by Crippen LogP contribution is -2.46. The zero-order chi connectivity index (χ0) is 14.7. The number of para-hydroxylation sites is 2. The van der Waals surface area contributed by atoms with Gasteiger partial charge in [0.15, 0.2) is 0 Å². The molecular formula is C16H20N4O. The Morgan fingerprint density at radius 1 is 1.05 bits per heavy atom. The molecule has 0 radical (unpaired) electrons. The number of rotatable bonds is 3. The number of anilines is 3. The molecule has 0 spiro atoms. The van der Waals surface area contributed by atoms with Gasteiger partial charge in [-0.05, 0) is 18.2 Å². The van der Waals surface area contributed by atoms with Crippen molar-refractivity contribution >= 4 is 17.1 Å². The minimum Gasteiger partial charge on any atom is -0.495 e. The fourth-order valence-electron chi connectivity index (χ4n) is 2.71. The fraction of sp³-hybridized carbons (Fsp3) is 0.312. The number of benzene rings is 1. The molecule has 1 aromatic carbocycles. The molecule has 1 aliphatic heterocycles. The summed E-state index contributed by atoms with van der Waals surface area (Å²) in [6, 6.07) is 10.1. The van der Waals surface area contributed by atoms with Gasteiger partial charge in [0.1, 0.15) is 5.75 Å². The summed E-state index contributed by atoms with van der Waals surface area (Å²) in [7, 11) is 1.72. The van der Waals surface area contributed by atoms with Gasteiger partial charge in [-0.15, -0.1) is 0 Å².